The van der Waals surface area contributed by atoms with Gasteiger partial charge in [0, 0.05) is 24.7 Å². The van der Waals surface area contributed by atoms with Crippen molar-refractivity contribution in [3.63, 3.8) is 0 Å². The van der Waals surface area contributed by atoms with Crippen LogP contribution in [0.1, 0.15) is 35.7 Å². The number of nitrogens with one attached hydrogen (secondary N) is 1. The molecule has 0 aliphatic rings. The molecule has 0 bridgehead atoms. The molecule has 0 saturated carbocycles. The highest BCUT2D eigenvalue weighted by Gasteiger charge is 2.06. The summed E-state index contributed by atoms with van der Waals surface area (Å²) >= 11 is 0. The monoisotopic (exact) mass is 276 g/mol. The predicted molar refractivity (Wildman–Crippen MR) is 74.0 cm³/mol. The molecule has 6 heteroatoms. The average molecular weight is 276 g/mol. The van der Waals surface area contributed by atoms with E-state index in [9.17, 15) is 4.79 Å². The van der Waals surface area contributed by atoms with Crippen molar-refractivity contribution < 1.29 is 9.32 Å². The highest BCUT2D eigenvalue weighted by molar-refractivity contribution is 5.75. The summed E-state index contributed by atoms with van der Waals surface area (Å²) in [6, 6.07) is 3.85. The third-order valence-corrected chi connectivity index (χ3v) is 3.01. The zero-order valence-corrected chi connectivity index (χ0v) is 12.1. The molecule has 108 valence electrons. The van der Waals surface area contributed by atoms with Crippen LogP contribution in [0.5, 0.6) is 0 Å². The second-order valence-electron chi connectivity index (χ2n) is 4.97. The van der Waals surface area contributed by atoms with Crippen LogP contribution in [-0.4, -0.2) is 20.8 Å². The Morgan fingerprint density at radius 3 is 2.70 bits per heavy atom. The van der Waals surface area contributed by atoms with Gasteiger partial charge in [0.2, 0.25) is 5.91 Å². The van der Waals surface area contributed by atoms with Crippen molar-refractivity contribution in [3.8, 4) is 0 Å². The van der Waals surface area contributed by atoms with Gasteiger partial charge in [0.05, 0.1) is 17.9 Å². The number of rotatable bonds is 6. The quantitative estimate of drug-likeness (QED) is 0.874. The van der Waals surface area contributed by atoms with Crippen molar-refractivity contribution in [3.05, 3.63) is 35.0 Å². The summed E-state index contributed by atoms with van der Waals surface area (Å²) in [5.74, 6) is 0.690. The topological polar surface area (TPSA) is 73.0 Å². The molecule has 0 spiro atoms. The molecule has 0 atom stereocenters. The molecule has 1 amide bonds. The molecule has 0 aliphatic heterocycles. The molecule has 20 heavy (non-hydrogen) atoms. The fraction of sp³-hybridized carbons (Fsp3) is 0.500. The van der Waals surface area contributed by atoms with Gasteiger partial charge in [-0.15, -0.1) is 0 Å². The third-order valence-electron chi connectivity index (χ3n) is 3.01. The Morgan fingerprint density at radius 1 is 1.30 bits per heavy atom. The predicted octanol–water partition coefficient (Wildman–Crippen LogP) is 1.89. The second kappa shape index (κ2) is 6.36. The van der Waals surface area contributed by atoms with Crippen LogP contribution in [0.2, 0.25) is 0 Å². The standard InChI is InChI=1S/C14H20N4O2/c1-10-7-12(3)18(16-10)6-4-5-14(19)15-9-13-8-11(2)17-20-13/h7-8H,4-6,9H2,1-3H3,(H,15,19). The van der Waals surface area contributed by atoms with E-state index in [1.165, 1.54) is 0 Å². The van der Waals surface area contributed by atoms with E-state index in [0.29, 0.717) is 18.7 Å². The number of amides is 1. The lowest BCUT2D eigenvalue weighted by atomic mass is 10.3. The van der Waals surface area contributed by atoms with Crippen molar-refractivity contribution in [2.75, 3.05) is 0 Å². The molecule has 1 N–H and O–H groups in total. The number of aromatic nitrogens is 3. The molecule has 2 aromatic heterocycles. The smallest absolute Gasteiger partial charge is 0.220 e. The molecule has 0 radical (unpaired) electrons. The minimum atomic E-state index is 0.0144. The molecule has 6 nitrogen and oxygen atoms in total. The van der Waals surface area contributed by atoms with Crippen LogP contribution in [-0.2, 0) is 17.9 Å². The lowest BCUT2D eigenvalue weighted by Crippen LogP contribution is -2.22. The first-order valence-corrected chi connectivity index (χ1v) is 6.74. The molecule has 0 saturated heterocycles. The van der Waals surface area contributed by atoms with Gasteiger partial charge in [0.25, 0.3) is 0 Å². The van der Waals surface area contributed by atoms with E-state index >= 15 is 0 Å². The SMILES string of the molecule is Cc1cc(CNC(=O)CCCn2nc(C)cc2C)on1. The molecule has 0 aliphatic carbocycles. The zero-order chi connectivity index (χ0) is 14.5. The third kappa shape index (κ3) is 3.94. The van der Waals surface area contributed by atoms with E-state index in [1.807, 2.05) is 37.6 Å². The van der Waals surface area contributed by atoms with E-state index in [-0.39, 0.29) is 5.91 Å². The van der Waals surface area contributed by atoms with Crippen molar-refractivity contribution >= 4 is 5.91 Å². The van der Waals surface area contributed by atoms with Crippen LogP contribution in [0.15, 0.2) is 16.7 Å². The van der Waals surface area contributed by atoms with Gasteiger partial charge in [-0.05, 0) is 33.3 Å². The lowest BCUT2D eigenvalue weighted by Gasteiger charge is -2.05. The number of hydrogen-bond acceptors (Lipinski definition) is 4. The Morgan fingerprint density at radius 2 is 2.10 bits per heavy atom. The number of hydrogen-bond donors (Lipinski definition) is 1. The number of aryl methyl sites for hydroxylation is 4. The van der Waals surface area contributed by atoms with Crippen LogP contribution < -0.4 is 5.32 Å². The molecular weight excluding hydrogens is 256 g/mol. The second-order valence-corrected chi connectivity index (χ2v) is 4.97. The van der Waals surface area contributed by atoms with Crippen LogP contribution in [0.3, 0.4) is 0 Å². The highest BCUT2D eigenvalue weighted by atomic mass is 16.5. The largest absolute Gasteiger partial charge is 0.359 e. The van der Waals surface area contributed by atoms with Crippen molar-refractivity contribution in [2.24, 2.45) is 0 Å². The van der Waals surface area contributed by atoms with Crippen LogP contribution in [0, 0.1) is 20.8 Å². The van der Waals surface area contributed by atoms with Gasteiger partial charge in [0.1, 0.15) is 0 Å². The van der Waals surface area contributed by atoms with Gasteiger partial charge >= 0.3 is 0 Å². The molecule has 0 fully saturated rings. The fourth-order valence-corrected chi connectivity index (χ4v) is 2.06. The Bertz CT molecular complexity index is 586. The summed E-state index contributed by atoms with van der Waals surface area (Å²) in [5.41, 5.74) is 2.95. The van der Waals surface area contributed by atoms with E-state index in [0.717, 1.165) is 30.0 Å². The van der Waals surface area contributed by atoms with Crippen molar-refractivity contribution in [1.82, 2.24) is 20.3 Å². The van der Waals surface area contributed by atoms with Crippen LogP contribution in [0.4, 0.5) is 0 Å². The Hall–Kier alpha value is -2.11. The fourth-order valence-electron chi connectivity index (χ4n) is 2.06. The van der Waals surface area contributed by atoms with E-state index in [1.54, 1.807) is 0 Å². The Balaban J connectivity index is 1.69. The minimum Gasteiger partial charge on any atom is -0.359 e. The van der Waals surface area contributed by atoms with Gasteiger partial charge in [-0.25, -0.2) is 0 Å². The maximum atomic E-state index is 11.7. The van der Waals surface area contributed by atoms with Gasteiger partial charge in [-0.2, -0.15) is 5.10 Å². The summed E-state index contributed by atoms with van der Waals surface area (Å²) in [6.07, 6.45) is 1.24. The van der Waals surface area contributed by atoms with Gasteiger partial charge < -0.3 is 9.84 Å². The summed E-state index contributed by atoms with van der Waals surface area (Å²) in [5, 5.41) is 11.0. The number of carbonyl (C=O) groups excluding carboxylic acids is 1. The maximum absolute atomic E-state index is 11.7. The first-order valence-electron chi connectivity index (χ1n) is 6.74. The van der Waals surface area contributed by atoms with Crippen molar-refractivity contribution in [2.45, 2.75) is 46.7 Å². The molecule has 0 unspecified atom stereocenters. The molecule has 2 aromatic rings. The molecule has 0 aromatic carbocycles. The number of nitrogens with zero attached hydrogens (tertiary/aromatic N) is 3. The lowest BCUT2D eigenvalue weighted by molar-refractivity contribution is -0.121. The zero-order valence-electron chi connectivity index (χ0n) is 12.1. The average Bonchev–Trinajstić information content (AvgIpc) is 2.93. The molecule has 2 heterocycles. The highest BCUT2D eigenvalue weighted by Crippen LogP contribution is 2.05. The van der Waals surface area contributed by atoms with Gasteiger partial charge in [-0.3, -0.25) is 9.48 Å². The number of carbonyl (C=O) groups is 1. The first kappa shape index (κ1) is 14.3. The summed E-state index contributed by atoms with van der Waals surface area (Å²) in [4.78, 5) is 11.7. The summed E-state index contributed by atoms with van der Waals surface area (Å²) in [7, 11) is 0. The summed E-state index contributed by atoms with van der Waals surface area (Å²) < 4.78 is 6.96. The summed E-state index contributed by atoms with van der Waals surface area (Å²) in [6.45, 7) is 6.99. The van der Waals surface area contributed by atoms with Crippen LogP contribution >= 0.6 is 0 Å². The Kier molecular flexibility index (Phi) is 4.55. The first-order chi connectivity index (χ1) is 9.54. The maximum Gasteiger partial charge on any atom is 0.220 e. The van der Waals surface area contributed by atoms with Gasteiger partial charge in [-0.1, -0.05) is 5.16 Å². The normalized spacial score (nSPS) is 10.8. The van der Waals surface area contributed by atoms with Crippen molar-refractivity contribution in [1.29, 1.82) is 0 Å². The Labute approximate surface area is 118 Å². The minimum absolute atomic E-state index is 0.0144. The van der Waals surface area contributed by atoms with E-state index in [2.05, 4.69) is 15.6 Å². The molecule has 2 rings (SSSR count). The van der Waals surface area contributed by atoms with Crippen LogP contribution in [0.25, 0.3) is 0 Å². The molecular formula is C14H20N4O2. The van der Waals surface area contributed by atoms with E-state index < -0.39 is 0 Å². The van der Waals surface area contributed by atoms with E-state index in [4.69, 9.17) is 4.52 Å². The van der Waals surface area contributed by atoms with Gasteiger partial charge in [0.15, 0.2) is 5.76 Å².